The van der Waals surface area contributed by atoms with Crippen LogP contribution in [0.3, 0.4) is 0 Å². The maximum atomic E-state index is 12.9. The molecule has 3 aromatic rings. The molecule has 146 valence electrons. The van der Waals surface area contributed by atoms with Gasteiger partial charge in [0.25, 0.3) is 5.91 Å². The Bertz CT molecular complexity index is 1030. The summed E-state index contributed by atoms with van der Waals surface area (Å²) >= 11 is 0. The summed E-state index contributed by atoms with van der Waals surface area (Å²) in [5.41, 5.74) is 2.81. The second-order valence-electron chi connectivity index (χ2n) is 6.64. The summed E-state index contributed by atoms with van der Waals surface area (Å²) in [6, 6.07) is 7.30. The molecule has 1 aliphatic heterocycles. The number of hydrogen-bond acceptors (Lipinski definition) is 5. The van der Waals surface area contributed by atoms with Gasteiger partial charge in [-0.3, -0.25) is 4.79 Å². The van der Waals surface area contributed by atoms with Gasteiger partial charge in [-0.15, -0.1) is 0 Å². The van der Waals surface area contributed by atoms with Crippen molar-refractivity contribution < 1.29 is 19.0 Å². The Balaban J connectivity index is 1.71. The van der Waals surface area contributed by atoms with Crippen LogP contribution in [0.25, 0.3) is 10.9 Å². The molecule has 0 unspecified atom stereocenters. The molecule has 0 fully saturated rings. The van der Waals surface area contributed by atoms with Gasteiger partial charge >= 0.3 is 0 Å². The van der Waals surface area contributed by atoms with Gasteiger partial charge in [-0.1, -0.05) is 0 Å². The lowest BCUT2D eigenvalue weighted by Gasteiger charge is -2.09. The highest BCUT2D eigenvalue weighted by Gasteiger charge is 2.26. The van der Waals surface area contributed by atoms with Gasteiger partial charge in [-0.2, -0.15) is 0 Å². The van der Waals surface area contributed by atoms with Crippen LogP contribution in [0.5, 0.6) is 17.4 Å². The Morgan fingerprint density at radius 3 is 2.93 bits per heavy atom. The topological polar surface area (TPSA) is 85.5 Å². The molecule has 3 heterocycles. The zero-order valence-corrected chi connectivity index (χ0v) is 16.2. The Kier molecular flexibility index (Phi) is 4.81. The summed E-state index contributed by atoms with van der Waals surface area (Å²) < 4.78 is 17.3. The quantitative estimate of drug-likeness (QED) is 0.676. The number of fused-ring (bicyclic) bond motifs is 3. The minimum absolute atomic E-state index is 0.0970. The van der Waals surface area contributed by atoms with Gasteiger partial charge in [0.05, 0.1) is 18.7 Å². The lowest BCUT2D eigenvalue weighted by atomic mass is 10.1. The van der Waals surface area contributed by atoms with Crippen LogP contribution in [-0.4, -0.2) is 35.2 Å². The molecule has 1 aromatic carbocycles. The molecule has 28 heavy (non-hydrogen) atoms. The number of nitrogens with zero attached hydrogens (tertiary/aromatic N) is 1. The maximum Gasteiger partial charge on any atom is 0.272 e. The number of rotatable bonds is 6. The van der Waals surface area contributed by atoms with Crippen molar-refractivity contribution in [1.82, 2.24) is 9.97 Å². The second-order valence-corrected chi connectivity index (χ2v) is 6.64. The zero-order valence-electron chi connectivity index (χ0n) is 16.2. The normalized spacial score (nSPS) is 15.2. The third-order valence-electron chi connectivity index (χ3n) is 4.58. The van der Waals surface area contributed by atoms with Crippen LogP contribution < -0.4 is 19.5 Å². The van der Waals surface area contributed by atoms with Crippen molar-refractivity contribution in [3.05, 3.63) is 41.7 Å². The zero-order chi connectivity index (χ0) is 19.7. The number of anilines is 1. The number of benzene rings is 1. The first-order valence-corrected chi connectivity index (χ1v) is 9.47. The van der Waals surface area contributed by atoms with Crippen LogP contribution in [0, 0.1) is 0 Å². The number of carbonyl (C=O) groups is 1. The van der Waals surface area contributed by atoms with Crippen molar-refractivity contribution in [2.24, 2.45) is 0 Å². The van der Waals surface area contributed by atoms with E-state index in [2.05, 4.69) is 15.3 Å². The van der Waals surface area contributed by atoms with Crippen molar-refractivity contribution in [3.63, 3.8) is 0 Å². The highest BCUT2D eigenvalue weighted by atomic mass is 16.5. The van der Waals surface area contributed by atoms with Crippen LogP contribution in [-0.2, 0) is 6.42 Å². The molecule has 2 aromatic heterocycles. The molecule has 1 aliphatic rings. The molecule has 0 spiro atoms. The third-order valence-corrected chi connectivity index (χ3v) is 4.58. The van der Waals surface area contributed by atoms with E-state index < -0.39 is 0 Å². The van der Waals surface area contributed by atoms with Crippen molar-refractivity contribution >= 4 is 22.5 Å². The van der Waals surface area contributed by atoms with Crippen LogP contribution in [0.15, 0.2) is 30.5 Å². The number of hydrogen-bond donors (Lipinski definition) is 2. The number of nitrogens with one attached hydrogen (secondary N) is 2. The van der Waals surface area contributed by atoms with Crippen molar-refractivity contribution in [1.29, 1.82) is 0 Å². The van der Waals surface area contributed by atoms with Crippen LogP contribution in [0.2, 0.25) is 0 Å². The summed E-state index contributed by atoms with van der Waals surface area (Å²) in [6.45, 7) is 6.85. The number of carbonyl (C=O) groups excluding carboxylic acids is 1. The SMILES string of the molecule is CCOc1ncccc1NC(=O)c1cc2c(OCC)cc3c(c2[nH]1)O[C@H](C)C3. The average Bonchev–Trinajstić information content (AvgIpc) is 3.27. The van der Waals surface area contributed by atoms with Gasteiger partial charge < -0.3 is 24.5 Å². The molecule has 0 aliphatic carbocycles. The smallest absolute Gasteiger partial charge is 0.272 e. The fraction of sp³-hybridized carbons (Fsp3) is 0.333. The molecular weight excluding hydrogens is 358 g/mol. The Labute approximate surface area is 163 Å². The lowest BCUT2D eigenvalue weighted by molar-refractivity contribution is 0.102. The van der Waals surface area contributed by atoms with Crippen LogP contribution in [0.4, 0.5) is 5.69 Å². The van der Waals surface area contributed by atoms with Gasteiger partial charge in [0, 0.05) is 23.6 Å². The number of ether oxygens (including phenoxy) is 3. The first-order valence-electron chi connectivity index (χ1n) is 9.47. The molecule has 0 saturated carbocycles. The molecule has 1 atom stereocenters. The van der Waals surface area contributed by atoms with Crippen molar-refractivity contribution in [2.45, 2.75) is 33.3 Å². The third kappa shape index (κ3) is 3.24. The molecule has 1 amide bonds. The van der Waals surface area contributed by atoms with Gasteiger partial charge in [-0.25, -0.2) is 4.98 Å². The van der Waals surface area contributed by atoms with E-state index in [9.17, 15) is 4.79 Å². The number of pyridine rings is 1. The number of H-pyrrole nitrogens is 1. The summed E-state index contributed by atoms with van der Waals surface area (Å²) in [7, 11) is 0. The van der Waals surface area contributed by atoms with Gasteiger partial charge in [-0.05, 0) is 45.0 Å². The summed E-state index contributed by atoms with van der Waals surface area (Å²) in [6.07, 6.45) is 2.54. The van der Waals surface area contributed by atoms with Crippen LogP contribution >= 0.6 is 0 Å². The Morgan fingerprint density at radius 2 is 2.14 bits per heavy atom. The first kappa shape index (κ1) is 18.2. The van der Waals surface area contributed by atoms with E-state index in [0.717, 1.165) is 34.4 Å². The minimum Gasteiger partial charge on any atom is -0.493 e. The monoisotopic (exact) mass is 381 g/mol. The fourth-order valence-electron chi connectivity index (χ4n) is 3.45. The van der Waals surface area contributed by atoms with E-state index in [0.29, 0.717) is 30.5 Å². The average molecular weight is 381 g/mol. The van der Waals surface area contributed by atoms with Gasteiger partial charge in [0.15, 0.2) is 0 Å². The van der Waals surface area contributed by atoms with E-state index >= 15 is 0 Å². The highest BCUT2D eigenvalue weighted by molar-refractivity contribution is 6.08. The van der Waals surface area contributed by atoms with Crippen LogP contribution in [0.1, 0.15) is 36.8 Å². The lowest BCUT2D eigenvalue weighted by Crippen LogP contribution is -2.13. The standard InChI is InChI=1S/C21H23N3O4/c1-4-26-17-10-13-9-12(3)28-19(13)18-14(17)11-16(23-18)20(25)24-15-7-6-8-22-21(15)27-5-2/h6-8,10-12,23H,4-5,9H2,1-3H3,(H,24,25)/t12-/m1/s1. The summed E-state index contributed by atoms with van der Waals surface area (Å²) in [4.78, 5) is 20.2. The predicted molar refractivity (Wildman–Crippen MR) is 107 cm³/mol. The van der Waals surface area contributed by atoms with E-state index in [1.54, 1.807) is 24.4 Å². The molecular formula is C21H23N3O4. The fourth-order valence-corrected chi connectivity index (χ4v) is 3.45. The molecule has 2 N–H and O–H groups in total. The molecule has 0 radical (unpaired) electrons. The molecule has 7 heteroatoms. The molecule has 4 rings (SSSR count). The van der Waals surface area contributed by atoms with E-state index in [4.69, 9.17) is 14.2 Å². The molecule has 0 saturated heterocycles. The molecule has 7 nitrogen and oxygen atoms in total. The van der Waals surface area contributed by atoms with Gasteiger partial charge in [0.2, 0.25) is 5.88 Å². The minimum atomic E-state index is -0.285. The second kappa shape index (κ2) is 7.42. The van der Waals surface area contributed by atoms with Crippen molar-refractivity contribution in [3.8, 4) is 17.4 Å². The van der Waals surface area contributed by atoms with E-state index in [1.807, 2.05) is 26.8 Å². The summed E-state index contributed by atoms with van der Waals surface area (Å²) in [5.74, 6) is 1.65. The van der Waals surface area contributed by atoms with E-state index in [1.165, 1.54) is 0 Å². The highest BCUT2D eigenvalue weighted by Crippen LogP contribution is 2.41. The Morgan fingerprint density at radius 1 is 1.32 bits per heavy atom. The maximum absolute atomic E-state index is 12.9. The largest absolute Gasteiger partial charge is 0.493 e. The predicted octanol–water partition coefficient (Wildman–Crippen LogP) is 3.94. The number of aromatic amines is 1. The first-order chi connectivity index (χ1) is 13.6. The van der Waals surface area contributed by atoms with Crippen molar-refractivity contribution in [2.75, 3.05) is 18.5 Å². The number of amides is 1. The molecule has 0 bridgehead atoms. The Hall–Kier alpha value is -3.22. The van der Waals surface area contributed by atoms with Gasteiger partial charge in [0.1, 0.15) is 29.0 Å². The van der Waals surface area contributed by atoms with E-state index in [-0.39, 0.29) is 12.0 Å². The summed E-state index contributed by atoms with van der Waals surface area (Å²) in [5, 5.41) is 3.69. The number of aromatic nitrogens is 2.